The van der Waals surface area contributed by atoms with Crippen LogP contribution in [-0.2, 0) is 63.0 Å². The molecule has 3 N–H and O–H groups in total. The molecule has 3 aromatic carbocycles. The summed E-state index contributed by atoms with van der Waals surface area (Å²) in [6.45, 7) is 36.7. The zero-order chi connectivity index (χ0) is 69.0. The number of hydrogen-bond acceptors (Lipinski definition) is 16. The molecule has 3 aromatic heterocycles. The molecule has 0 bridgehead atoms. The number of nitrogens with one attached hydrogen (secondary N) is 3. The summed E-state index contributed by atoms with van der Waals surface area (Å²) in [6.07, 6.45) is 4.44. The van der Waals surface area contributed by atoms with Gasteiger partial charge in [-0.1, -0.05) is 41.4 Å². The summed E-state index contributed by atoms with van der Waals surface area (Å²) < 4.78 is 66.1. The molecule has 0 unspecified atom stereocenters. The van der Waals surface area contributed by atoms with Crippen LogP contribution in [-0.4, -0.2) is 175 Å². The largest absolute Gasteiger partial charge is 0.444 e. The number of nitrogens with zero attached hydrogens (tertiary/aromatic N) is 11. The zero-order valence-electron chi connectivity index (χ0n) is 56.2. The lowest BCUT2D eigenvalue weighted by Gasteiger charge is -2.40. The Morgan fingerprint density at radius 1 is 0.568 bits per heavy atom. The lowest BCUT2D eigenvalue weighted by Crippen LogP contribution is -2.49. The van der Waals surface area contributed by atoms with Crippen LogP contribution >= 0.6 is 45.8 Å². The number of para-hydroxylation sites is 1. The molecular weight excluding hydrogens is 1380 g/mol. The number of halogens is 5. The molecule has 95 heavy (non-hydrogen) atoms. The smallest absolute Gasteiger partial charge is 0.417 e. The van der Waals surface area contributed by atoms with Crippen molar-refractivity contribution >= 4 is 92.9 Å². The Bertz CT molecular complexity index is 3590. The maximum Gasteiger partial charge on any atom is 0.417 e. The van der Waals surface area contributed by atoms with Gasteiger partial charge in [-0.2, -0.15) is 15.3 Å². The molecule has 6 aliphatic rings. The zero-order valence-corrected chi connectivity index (χ0v) is 59.9. The molecule has 6 aliphatic heterocycles. The predicted octanol–water partition coefficient (Wildman–Crippen LogP) is 12.3. The van der Waals surface area contributed by atoms with Gasteiger partial charge < -0.3 is 63.6 Å². The third-order valence-electron chi connectivity index (χ3n) is 15.3. The van der Waals surface area contributed by atoms with Gasteiger partial charge in [-0.05, 0) is 154 Å². The van der Waals surface area contributed by atoms with Crippen molar-refractivity contribution in [2.24, 2.45) is 0 Å². The summed E-state index contributed by atoms with van der Waals surface area (Å²) in [7, 11) is 0. The number of rotatable bonds is 5. The van der Waals surface area contributed by atoms with Crippen molar-refractivity contribution in [1.82, 2.24) is 49.4 Å². The Balaban J connectivity index is 0.000000158. The first kappa shape index (κ1) is 73.8. The van der Waals surface area contributed by atoms with E-state index < -0.39 is 28.9 Å². The number of carbonyl (C=O) groups is 4. The van der Waals surface area contributed by atoms with E-state index in [0.717, 1.165) is 84.4 Å². The van der Waals surface area contributed by atoms with Crippen molar-refractivity contribution in [1.29, 1.82) is 0 Å². The molecule has 0 aliphatic carbocycles. The molecule has 0 radical (unpaired) electrons. The second-order valence-electron chi connectivity index (χ2n) is 27.1. The third-order valence-corrected chi connectivity index (χ3v) is 16.7. The van der Waals surface area contributed by atoms with Gasteiger partial charge in [-0.3, -0.25) is 19.4 Å². The fraction of sp³-hybridized carbons (Fsp3) is 0.530. The van der Waals surface area contributed by atoms with E-state index in [1.165, 1.54) is 36.4 Å². The molecule has 5 amide bonds. The summed E-state index contributed by atoms with van der Waals surface area (Å²) in [4.78, 5) is 58.3. The molecule has 0 spiro atoms. The minimum absolute atomic E-state index is 0.0215. The number of anilines is 4. The number of fused-ring (bicyclic) bond motifs is 3. The quantitative estimate of drug-likeness (QED) is 0.136. The van der Waals surface area contributed by atoms with Gasteiger partial charge in [0.05, 0.1) is 137 Å². The van der Waals surface area contributed by atoms with E-state index in [9.17, 15) is 28.0 Å². The lowest BCUT2D eigenvalue weighted by molar-refractivity contribution is -0.0385. The van der Waals surface area contributed by atoms with E-state index in [2.05, 4.69) is 105 Å². The monoisotopic (exact) mass is 1470 g/mol. The Hall–Kier alpha value is -7.02. The second-order valence-corrected chi connectivity index (χ2v) is 29.1. The normalized spacial score (nSPS) is 17.8. The van der Waals surface area contributed by atoms with Crippen molar-refractivity contribution in [3.63, 3.8) is 0 Å². The predicted molar refractivity (Wildman–Crippen MR) is 368 cm³/mol. The van der Waals surface area contributed by atoms with E-state index >= 15 is 0 Å². The van der Waals surface area contributed by atoms with Crippen molar-refractivity contribution in [3.05, 3.63) is 128 Å². The first-order valence-electron chi connectivity index (χ1n) is 31.6. The molecule has 3 fully saturated rings. The minimum Gasteiger partial charge on any atom is -0.444 e. The van der Waals surface area contributed by atoms with Gasteiger partial charge in [0.15, 0.2) is 0 Å². The molecule has 6 aromatic rings. The Labute approximate surface area is 578 Å². The van der Waals surface area contributed by atoms with Gasteiger partial charge in [0.1, 0.15) is 28.6 Å². The van der Waals surface area contributed by atoms with E-state index in [1.54, 1.807) is 39.0 Å². The summed E-state index contributed by atoms with van der Waals surface area (Å²) in [5.74, 6) is -0.638. The highest BCUT2D eigenvalue weighted by Gasteiger charge is 2.35. The van der Waals surface area contributed by atoms with Crippen LogP contribution in [0.5, 0.6) is 5.75 Å². The number of urea groups is 1. The highest BCUT2D eigenvalue weighted by atomic mass is 127. The van der Waals surface area contributed by atoms with Crippen LogP contribution in [0.3, 0.4) is 0 Å². The third kappa shape index (κ3) is 22.0. The van der Waals surface area contributed by atoms with Crippen LogP contribution in [0.4, 0.5) is 50.7 Å². The number of aromatic nitrogens is 6. The minimum atomic E-state index is -0.663. The van der Waals surface area contributed by atoms with Crippen LogP contribution in [0.25, 0.3) is 0 Å². The topological polar surface area (TPSA) is 229 Å². The van der Waals surface area contributed by atoms with Crippen molar-refractivity contribution in [2.45, 2.75) is 150 Å². The fourth-order valence-electron chi connectivity index (χ4n) is 10.7. The van der Waals surface area contributed by atoms with Gasteiger partial charge in [-0.15, -0.1) is 0 Å². The number of amides is 5. The number of carbonyl (C=O) groups excluding carboxylic acids is 4. The van der Waals surface area contributed by atoms with E-state index in [1.807, 2.05) is 80.2 Å². The SMILES string of the molecule is CC(C)(C)OC(=O)N1CCn2ncc(I)c2C1.CC(C)(C)OC(=O)N1CCn2ncc(N3CCOC(C)(C)C3)c2C1.CC1(C)CN(c2cnn3c2CN(C(=O)Nc2ccc(F)c(Cl)c2)CC3)CCO1.CC1(C)CNCCO1.O=C(Nc1ccc(F)c(Cl)c1)Oc1ccccc1. The Kier molecular flexibility index (Phi) is 24.8. The van der Waals surface area contributed by atoms with Crippen molar-refractivity contribution in [2.75, 3.05) is 99.2 Å². The van der Waals surface area contributed by atoms with Crippen LogP contribution in [0, 0.1) is 15.2 Å². The van der Waals surface area contributed by atoms with Crippen LogP contribution in [0.1, 0.15) is 100 Å². The molecule has 0 saturated carbocycles. The van der Waals surface area contributed by atoms with Gasteiger partial charge in [0.25, 0.3) is 0 Å². The van der Waals surface area contributed by atoms with E-state index in [0.29, 0.717) is 82.7 Å². The maximum atomic E-state index is 13.3. The van der Waals surface area contributed by atoms with Gasteiger partial charge in [0, 0.05) is 70.3 Å². The second kappa shape index (κ2) is 31.9. The van der Waals surface area contributed by atoms with Gasteiger partial charge >= 0.3 is 24.3 Å². The molecule has 3 saturated heterocycles. The van der Waals surface area contributed by atoms with E-state index in [-0.39, 0.29) is 45.1 Å². The molecule has 12 rings (SSSR count). The number of morpholine rings is 3. The Morgan fingerprint density at radius 2 is 1.01 bits per heavy atom. The van der Waals surface area contributed by atoms with E-state index in [4.69, 9.17) is 51.6 Å². The fourth-order valence-corrected chi connectivity index (χ4v) is 11.7. The first-order chi connectivity index (χ1) is 44.7. The Morgan fingerprint density at radius 3 is 1.45 bits per heavy atom. The average molecular weight is 1470 g/mol. The highest BCUT2D eigenvalue weighted by molar-refractivity contribution is 14.1. The summed E-state index contributed by atoms with van der Waals surface area (Å²) in [5, 5.41) is 21.7. The molecule has 24 nitrogen and oxygen atoms in total. The number of benzene rings is 3. The maximum absolute atomic E-state index is 13.3. The van der Waals surface area contributed by atoms with Crippen molar-refractivity contribution in [3.8, 4) is 5.75 Å². The summed E-state index contributed by atoms with van der Waals surface area (Å²) >= 11 is 13.6. The molecule has 9 heterocycles. The van der Waals surface area contributed by atoms with Crippen molar-refractivity contribution < 1.29 is 56.4 Å². The lowest BCUT2D eigenvalue weighted by atomic mass is 10.1. The van der Waals surface area contributed by atoms with Crippen LogP contribution in [0.2, 0.25) is 10.0 Å². The standard InChI is InChI=1S/C19H23ClFN5O2.C17H28N4O3.C13H9ClFNO2.C11H16IN3O2.C6H13NO/c1-19(2)12-25(7-8-28-19)16-10-22-26-6-5-24(11-17(16)26)18(27)23-13-3-4-15(21)14(20)9-13;1-16(2,3)24-15(22)19-6-7-21-14(11-19)13(10-18-21)20-8-9-23-17(4,5)12-20;14-11-8-9(6-7-12(11)15)16-13(17)18-10-4-2-1-3-5-10;1-11(2,3)17-10(16)14-4-5-15-9(7-14)8(12)6-13-15;1-6(2)5-7-3-4-8-6/h3-4,9-10H,5-8,11-12H2,1-2H3,(H,23,27);10H,6-9,11-12H2,1-5H3;1-8H,(H,16,17);6H,4-5,7H2,1-3H3;7H,3-5H2,1-2H3. The molecule has 0 atom stereocenters. The summed E-state index contributed by atoms with van der Waals surface area (Å²) in [5.41, 5.74) is 4.88. The van der Waals surface area contributed by atoms with Gasteiger partial charge in [-0.25, -0.2) is 28.0 Å². The number of ether oxygens (including phenoxy) is 6. The summed E-state index contributed by atoms with van der Waals surface area (Å²) in [6, 6.07) is 16.4. The first-order valence-corrected chi connectivity index (χ1v) is 33.4. The molecular formula is C66H89Cl2F2IN14O10. The highest BCUT2D eigenvalue weighted by Crippen LogP contribution is 2.32. The van der Waals surface area contributed by atoms with Crippen LogP contribution < -0.4 is 30.5 Å². The average Bonchev–Trinajstić information content (AvgIpc) is 1.69. The van der Waals surface area contributed by atoms with Gasteiger partial charge in [0.2, 0.25) is 0 Å². The molecule has 29 heteroatoms. The molecule has 518 valence electrons. The number of hydrogen-bond donors (Lipinski definition) is 3. The van der Waals surface area contributed by atoms with Crippen LogP contribution in [0.15, 0.2) is 85.3 Å².